The van der Waals surface area contributed by atoms with Gasteiger partial charge in [0.25, 0.3) is 0 Å². The molecule has 0 aliphatic carbocycles. The second kappa shape index (κ2) is 52.1. The lowest BCUT2D eigenvalue weighted by Gasteiger charge is -2.26. The summed E-state index contributed by atoms with van der Waals surface area (Å²) in [5.74, 6) is -0.290. The van der Waals surface area contributed by atoms with E-state index >= 15 is 0 Å². The highest BCUT2D eigenvalue weighted by molar-refractivity contribution is 5.72. The summed E-state index contributed by atoms with van der Waals surface area (Å²) in [7, 11) is 4.07. The molecule has 0 saturated heterocycles. The molecule has 0 aromatic heterocycles. The molecule has 72 heavy (non-hydrogen) atoms. The number of nitrogens with zero attached hydrogens (tertiary/aromatic N) is 2. The largest absolute Gasteiger partial charge is 0.462 e. The molecule has 1 atom stereocenters. The number of hydrogen-bond acceptors (Lipinski definition) is 9. The number of ether oxygens (including phenoxy) is 4. The molecule has 0 aliphatic rings. The first kappa shape index (κ1) is 69.6. The van der Waals surface area contributed by atoms with Gasteiger partial charge < -0.3 is 28.7 Å². The third-order valence-electron chi connectivity index (χ3n) is 14.4. The van der Waals surface area contributed by atoms with Gasteiger partial charge in [0, 0.05) is 25.9 Å². The van der Waals surface area contributed by atoms with E-state index in [2.05, 4.69) is 46.4 Å². The number of unbranched alkanes of at least 4 members (excludes halogenated alkanes) is 23. The summed E-state index contributed by atoms with van der Waals surface area (Å²) < 4.78 is 24.3. The summed E-state index contributed by atoms with van der Waals surface area (Å²) >= 11 is 0. The first-order chi connectivity index (χ1) is 35.0. The lowest BCUT2D eigenvalue weighted by Crippen LogP contribution is -2.38. The van der Waals surface area contributed by atoms with Crippen molar-refractivity contribution in [3.63, 3.8) is 0 Å². The monoisotopic (exact) mass is 1020 g/mol. The zero-order valence-electron chi connectivity index (χ0n) is 49.0. The van der Waals surface area contributed by atoms with Crippen LogP contribution in [0.4, 0.5) is 4.79 Å². The first-order valence-electron chi connectivity index (χ1n) is 31.2. The van der Waals surface area contributed by atoms with Crippen LogP contribution in [0.25, 0.3) is 0 Å². The van der Waals surface area contributed by atoms with Crippen molar-refractivity contribution in [3.8, 4) is 0 Å². The van der Waals surface area contributed by atoms with E-state index in [1.807, 2.05) is 14.1 Å². The number of esters is 3. The Bertz CT molecular complexity index is 1150. The Morgan fingerprint density at radius 1 is 0.292 bits per heavy atom. The molecule has 0 bridgehead atoms. The van der Waals surface area contributed by atoms with Crippen molar-refractivity contribution in [1.82, 2.24) is 9.80 Å². The third-order valence-corrected chi connectivity index (χ3v) is 14.4. The highest BCUT2D eigenvalue weighted by Gasteiger charge is 2.23. The van der Waals surface area contributed by atoms with Gasteiger partial charge in [-0.25, -0.2) is 4.79 Å². The van der Waals surface area contributed by atoms with Gasteiger partial charge in [-0.15, -0.1) is 0 Å². The van der Waals surface area contributed by atoms with Gasteiger partial charge in [0.15, 0.2) is 0 Å². The topological polar surface area (TPSA) is 112 Å². The van der Waals surface area contributed by atoms with Gasteiger partial charge in [-0.3, -0.25) is 14.4 Å². The summed E-state index contributed by atoms with van der Waals surface area (Å²) in [6, 6.07) is 0. The van der Waals surface area contributed by atoms with E-state index in [-0.39, 0.29) is 54.8 Å². The zero-order valence-corrected chi connectivity index (χ0v) is 49.0. The number of hydrogen-bond donors (Lipinski definition) is 0. The Kier molecular flexibility index (Phi) is 50.4. The fourth-order valence-electron chi connectivity index (χ4n) is 9.74. The van der Waals surface area contributed by atoms with Gasteiger partial charge in [0.05, 0.1) is 6.42 Å². The zero-order chi connectivity index (χ0) is 53.1. The Hall–Kier alpha value is -2.36. The van der Waals surface area contributed by atoms with Crippen LogP contribution in [0.3, 0.4) is 0 Å². The van der Waals surface area contributed by atoms with Crippen molar-refractivity contribution in [1.29, 1.82) is 0 Å². The van der Waals surface area contributed by atoms with Gasteiger partial charge in [-0.1, -0.05) is 189 Å². The summed E-state index contributed by atoms with van der Waals surface area (Å²) in [5, 5.41) is 0. The average Bonchev–Trinajstić information content (AvgIpc) is 3.35. The van der Waals surface area contributed by atoms with Crippen LogP contribution in [0.15, 0.2) is 0 Å². The molecule has 0 spiro atoms. The van der Waals surface area contributed by atoms with Gasteiger partial charge in [0.2, 0.25) is 0 Å². The third kappa shape index (κ3) is 45.1. The van der Waals surface area contributed by atoms with Gasteiger partial charge in [-0.05, 0) is 130 Å². The Labute approximate surface area is 446 Å². The molecule has 0 heterocycles. The summed E-state index contributed by atoms with van der Waals surface area (Å²) in [6.07, 6.45) is 43.5. The average molecular weight is 1020 g/mol. The number of carbonyl (C=O) groups is 4. The van der Waals surface area contributed by atoms with Crippen molar-refractivity contribution in [2.24, 2.45) is 0 Å². The molecule has 10 nitrogen and oxygen atoms in total. The van der Waals surface area contributed by atoms with Crippen molar-refractivity contribution in [3.05, 3.63) is 0 Å². The van der Waals surface area contributed by atoms with E-state index < -0.39 is 0 Å². The maximum atomic E-state index is 13.9. The minimum absolute atomic E-state index is 0.0269. The van der Waals surface area contributed by atoms with Crippen LogP contribution in [-0.2, 0) is 33.3 Å². The Morgan fingerprint density at radius 3 is 0.958 bits per heavy atom. The number of rotatable bonds is 54. The molecular weight excluding hydrogens is 901 g/mol. The van der Waals surface area contributed by atoms with E-state index in [1.54, 1.807) is 4.90 Å². The molecule has 0 fully saturated rings. The normalized spacial score (nSPS) is 12.1. The summed E-state index contributed by atoms with van der Waals surface area (Å²) in [6.45, 7) is 14.9. The predicted molar refractivity (Wildman–Crippen MR) is 303 cm³/mol. The molecule has 426 valence electrons. The Balaban J connectivity index is 5.31. The van der Waals surface area contributed by atoms with Crippen molar-refractivity contribution in [2.45, 2.75) is 342 Å². The molecule has 10 heteroatoms. The van der Waals surface area contributed by atoms with Crippen molar-refractivity contribution < 1.29 is 38.1 Å². The molecule has 0 radical (unpaired) electrons. The lowest BCUT2D eigenvalue weighted by molar-refractivity contribution is -0.151. The molecule has 0 N–H and O–H groups in total. The number of carbonyl (C=O) groups excluding carboxylic acids is 4. The molecule has 0 saturated carbocycles. The Morgan fingerprint density at radius 2 is 0.597 bits per heavy atom. The molecule has 1 unspecified atom stereocenters. The van der Waals surface area contributed by atoms with Crippen LogP contribution >= 0.6 is 0 Å². The maximum absolute atomic E-state index is 13.9. The minimum atomic E-state index is -0.324. The number of amides is 1. The van der Waals surface area contributed by atoms with Crippen LogP contribution in [0.2, 0.25) is 0 Å². The maximum Gasteiger partial charge on any atom is 0.410 e. The van der Waals surface area contributed by atoms with Crippen LogP contribution in [-0.4, -0.2) is 91.9 Å². The van der Waals surface area contributed by atoms with Crippen molar-refractivity contribution >= 4 is 24.0 Å². The SMILES string of the molecule is CCCCCCC(CCCCCC)OC(=O)CCCCCCCCC(CCCCCCCCC(=O)OC(CCCCCC)CCCCCC)OC(=O)N(CCCN(C)C)CCC(=O)OC(CCC)CCCC. The highest BCUT2D eigenvalue weighted by Crippen LogP contribution is 2.22. The first-order valence-corrected chi connectivity index (χ1v) is 31.2. The van der Waals surface area contributed by atoms with Crippen LogP contribution in [0, 0.1) is 0 Å². The molecule has 1 amide bonds. The van der Waals surface area contributed by atoms with Crippen LogP contribution in [0.5, 0.6) is 0 Å². The smallest absolute Gasteiger partial charge is 0.410 e. The molecule has 0 aromatic carbocycles. The van der Waals surface area contributed by atoms with E-state index in [0.717, 1.165) is 186 Å². The van der Waals surface area contributed by atoms with Gasteiger partial charge in [0.1, 0.15) is 24.4 Å². The molecular formula is C62H120N2O8. The fourth-order valence-corrected chi connectivity index (χ4v) is 9.74. The highest BCUT2D eigenvalue weighted by atomic mass is 16.6. The van der Waals surface area contributed by atoms with E-state index in [9.17, 15) is 19.2 Å². The quantitative estimate of drug-likeness (QED) is 0.0334. The van der Waals surface area contributed by atoms with Crippen molar-refractivity contribution in [2.75, 3.05) is 33.7 Å². The fraction of sp³-hybridized carbons (Fsp3) is 0.935. The van der Waals surface area contributed by atoms with Gasteiger partial charge in [-0.2, -0.15) is 0 Å². The molecule has 0 aliphatic heterocycles. The van der Waals surface area contributed by atoms with Crippen LogP contribution < -0.4 is 0 Å². The van der Waals surface area contributed by atoms with E-state index in [1.165, 1.54) is 77.0 Å². The molecule has 0 rings (SSSR count). The summed E-state index contributed by atoms with van der Waals surface area (Å²) in [4.78, 5) is 56.5. The lowest BCUT2D eigenvalue weighted by atomic mass is 10.0. The summed E-state index contributed by atoms with van der Waals surface area (Å²) in [5.41, 5.74) is 0. The van der Waals surface area contributed by atoms with Crippen LogP contribution in [0.1, 0.15) is 318 Å². The van der Waals surface area contributed by atoms with E-state index in [0.29, 0.717) is 25.9 Å². The van der Waals surface area contributed by atoms with E-state index in [4.69, 9.17) is 18.9 Å². The second-order valence-corrected chi connectivity index (χ2v) is 21.9. The molecule has 0 aromatic rings. The predicted octanol–water partition coefficient (Wildman–Crippen LogP) is 18.0. The minimum Gasteiger partial charge on any atom is -0.462 e. The second-order valence-electron chi connectivity index (χ2n) is 21.9. The standard InChI is InChI=1S/C62H120N2O8/c1-9-15-20-32-43-56(44-33-21-16-10-2)70-59(65)49-38-30-26-24-28-36-47-58(72-62(68)64(53-40-52-63(7)8)54-51-61(67)69-55(41-14-6)42-19-13-5)48-37-29-25-27-31-39-50-60(66)71-57(45-34-22-17-11-3)46-35-23-18-12-4/h55-58H,9-54H2,1-8H3. The van der Waals surface area contributed by atoms with Gasteiger partial charge >= 0.3 is 24.0 Å².